The molecule has 0 aliphatic heterocycles. The van der Waals surface area contributed by atoms with Gasteiger partial charge < -0.3 is 19.8 Å². The minimum absolute atomic E-state index is 0.204. The Morgan fingerprint density at radius 1 is 0.548 bits per heavy atom. The van der Waals surface area contributed by atoms with E-state index in [1.54, 1.807) is 0 Å². The lowest BCUT2D eigenvalue weighted by Crippen LogP contribution is -2.25. The number of ether oxygens (including phenoxy) is 1. The van der Waals surface area contributed by atoms with Gasteiger partial charge in [0.2, 0.25) is 0 Å². The Morgan fingerprint density at radius 2 is 0.857 bits per heavy atom. The number of phenols is 2. The molecule has 0 saturated carbocycles. The third-order valence-electron chi connectivity index (χ3n) is 7.83. The molecular weight excluding hydrogens is 518 g/mol. The second-order valence-electron chi connectivity index (χ2n) is 15.9. The predicted molar refractivity (Wildman–Crippen MR) is 179 cm³/mol. The van der Waals surface area contributed by atoms with Crippen LogP contribution in [-0.4, -0.2) is 16.8 Å². The number of anilines is 1. The number of hydrogen-bond donors (Lipinski definition) is 2. The number of nitrogens with zero attached hydrogens (tertiary/aromatic N) is 1. The molecule has 2 N–H and O–H groups in total. The van der Waals surface area contributed by atoms with E-state index in [-0.39, 0.29) is 21.7 Å². The van der Waals surface area contributed by atoms with E-state index in [1.165, 1.54) is 0 Å². The summed E-state index contributed by atoms with van der Waals surface area (Å²) < 4.78 is 5.74. The van der Waals surface area contributed by atoms with E-state index in [4.69, 9.17) is 4.74 Å². The summed E-state index contributed by atoms with van der Waals surface area (Å²) in [6.07, 6.45) is 0. The van der Waals surface area contributed by atoms with Gasteiger partial charge in [0.1, 0.15) is 17.2 Å². The van der Waals surface area contributed by atoms with Crippen molar-refractivity contribution in [1.82, 2.24) is 0 Å². The fraction of sp³-hybridized carbons (Fsp3) is 0.526. The van der Waals surface area contributed by atoms with Crippen molar-refractivity contribution in [2.45, 2.75) is 125 Å². The van der Waals surface area contributed by atoms with Crippen LogP contribution in [0.25, 0.3) is 0 Å². The summed E-state index contributed by atoms with van der Waals surface area (Å²) in [5, 5.41) is 22.7. The van der Waals surface area contributed by atoms with Crippen LogP contribution in [-0.2, 0) is 34.7 Å². The SMILES string of the molecule is CCOc1ccc(N(Cc2cc(C(C)(C)C)c(O)c(C(C)(C)C)c2)Cc2cc(C(C)(C)C)c(O)c(C(C)(C)C)c2)cc1. The van der Waals surface area contributed by atoms with E-state index in [0.717, 1.165) is 44.8 Å². The van der Waals surface area contributed by atoms with Crippen LogP contribution < -0.4 is 9.64 Å². The largest absolute Gasteiger partial charge is 0.507 e. The second kappa shape index (κ2) is 11.9. The highest BCUT2D eigenvalue weighted by molar-refractivity contribution is 5.55. The molecule has 0 aliphatic rings. The monoisotopic (exact) mass is 573 g/mol. The Balaban J connectivity index is 2.21. The first-order chi connectivity index (χ1) is 19.1. The van der Waals surface area contributed by atoms with Crippen LogP contribution >= 0.6 is 0 Å². The Hall–Kier alpha value is -3.14. The molecule has 42 heavy (non-hydrogen) atoms. The third-order valence-corrected chi connectivity index (χ3v) is 7.83. The van der Waals surface area contributed by atoms with Crippen LogP contribution in [0.4, 0.5) is 5.69 Å². The number of rotatable bonds is 7. The highest BCUT2D eigenvalue weighted by Crippen LogP contribution is 2.42. The Bertz CT molecular complexity index is 1220. The maximum atomic E-state index is 11.3. The summed E-state index contributed by atoms with van der Waals surface area (Å²) in [6, 6.07) is 17.0. The Labute approximate surface area is 255 Å². The van der Waals surface area contributed by atoms with Gasteiger partial charge in [0.15, 0.2) is 0 Å². The van der Waals surface area contributed by atoms with E-state index in [2.05, 4.69) is 124 Å². The first-order valence-electron chi connectivity index (χ1n) is 15.3. The van der Waals surface area contributed by atoms with Gasteiger partial charge in [-0.25, -0.2) is 0 Å². The minimum atomic E-state index is -0.204. The zero-order chi connectivity index (χ0) is 31.8. The van der Waals surface area contributed by atoms with Gasteiger partial charge in [-0.1, -0.05) is 83.1 Å². The molecule has 4 heteroatoms. The summed E-state index contributed by atoms with van der Waals surface area (Å²) in [5.41, 5.74) is 6.44. The molecule has 3 rings (SSSR count). The fourth-order valence-corrected chi connectivity index (χ4v) is 5.46. The van der Waals surface area contributed by atoms with E-state index in [9.17, 15) is 10.2 Å². The quantitative estimate of drug-likeness (QED) is 0.295. The number of hydrogen-bond acceptors (Lipinski definition) is 4. The summed E-state index contributed by atoms with van der Waals surface area (Å²) in [4.78, 5) is 2.38. The second-order valence-corrected chi connectivity index (χ2v) is 15.9. The van der Waals surface area contributed by atoms with Crippen molar-refractivity contribution in [1.29, 1.82) is 0 Å². The van der Waals surface area contributed by atoms with Crippen molar-refractivity contribution in [3.63, 3.8) is 0 Å². The summed E-state index contributed by atoms with van der Waals surface area (Å²) in [6.45, 7) is 29.8. The van der Waals surface area contributed by atoms with Crippen molar-refractivity contribution < 1.29 is 14.9 Å². The molecular formula is C38H55NO3. The van der Waals surface area contributed by atoms with Gasteiger partial charge in [-0.3, -0.25) is 0 Å². The zero-order valence-corrected chi connectivity index (χ0v) is 28.5. The standard InChI is InChI=1S/C38H55NO3/c1-14-42-28-17-15-27(16-18-28)39(23-25-19-29(35(2,3)4)33(40)30(20-25)36(5,6)7)24-26-21-31(37(8,9)10)34(41)32(22-26)38(11,12)13/h15-22,40-41H,14,23-24H2,1-13H3. The molecule has 0 heterocycles. The van der Waals surface area contributed by atoms with Gasteiger partial charge in [-0.2, -0.15) is 0 Å². The van der Waals surface area contributed by atoms with Gasteiger partial charge in [0.25, 0.3) is 0 Å². The van der Waals surface area contributed by atoms with Crippen molar-refractivity contribution in [2.24, 2.45) is 0 Å². The molecule has 0 unspecified atom stereocenters. The van der Waals surface area contributed by atoms with Gasteiger partial charge in [0.05, 0.1) is 6.61 Å². The molecule has 0 aliphatic carbocycles. The lowest BCUT2D eigenvalue weighted by molar-refractivity contribution is 0.340. The molecule has 0 saturated heterocycles. The van der Waals surface area contributed by atoms with Crippen LogP contribution in [0.5, 0.6) is 17.2 Å². The van der Waals surface area contributed by atoms with Crippen LogP contribution in [0, 0.1) is 0 Å². The summed E-state index contributed by atoms with van der Waals surface area (Å²) in [7, 11) is 0. The summed E-state index contributed by atoms with van der Waals surface area (Å²) in [5.74, 6) is 1.65. The number of phenolic OH excluding ortho intramolecular Hbond substituents is 2. The number of aromatic hydroxyl groups is 2. The van der Waals surface area contributed by atoms with Gasteiger partial charge in [-0.05, 0) is 110 Å². The predicted octanol–water partition coefficient (Wildman–Crippen LogP) is 9.89. The molecule has 0 bridgehead atoms. The normalized spacial score (nSPS) is 12.9. The maximum Gasteiger partial charge on any atom is 0.123 e. The zero-order valence-electron chi connectivity index (χ0n) is 28.5. The molecule has 230 valence electrons. The molecule has 0 atom stereocenters. The minimum Gasteiger partial charge on any atom is -0.507 e. The molecule has 0 aromatic heterocycles. The molecule has 0 fully saturated rings. The summed E-state index contributed by atoms with van der Waals surface area (Å²) >= 11 is 0. The van der Waals surface area contributed by atoms with Crippen LogP contribution in [0.3, 0.4) is 0 Å². The van der Waals surface area contributed by atoms with Crippen molar-refractivity contribution in [3.05, 3.63) is 81.9 Å². The van der Waals surface area contributed by atoms with E-state index >= 15 is 0 Å². The first kappa shape index (κ1) is 33.4. The van der Waals surface area contributed by atoms with Crippen LogP contribution in [0.1, 0.15) is 123 Å². The molecule has 4 nitrogen and oxygen atoms in total. The third kappa shape index (κ3) is 7.82. The van der Waals surface area contributed by atoms with Crippen molar-refractivity contribution in [3.8, 4) is 17.2 Å². The molecule has 0 spiro atoms. The maximum absolute atomic E-state index is 11.3. The highest BCUT2D eigenvalue weighted by atomic mass is 16.5. The lowest BCUT2D eigenvalue weighted by atomic mass is 9.78. The van der Waals surface area contributed by atoms with Crippen LogP contribution in [0.15, 0.2) is 48.5 Å². The fourth-order valence-electron chi connectivity index (χ4n) is 5.46. The van der Waals surface area contributed by atoms with E-state index in [1.807, 2.05) is 19.1 Å². The molecule has 3 aromatic carbocycles. The van der Waals surface area contributed by atoms with Gasteiger partial charge in [0, 0.05) is 18.8 Å². The lowest BCUT2D eigenvalue weighted by Gasteiger charge is -2.32. The molecule has 3 aromatic rings. The van der Waals surface area contributed by atoms with E-state index in [0.29, 0.717) is 31.2 Å². The van der Waals surface area contributed by atoms with Crippen molar-refractivity contribution in [2.75, 3.05) is 11.5 Å². The Kier molecular flexibility index (Phi) is 9.42. The number of benzene rings is 3. The van der Waals surface area contributed by atoms with Crippen LogP contribution in [0.2, 0.25) is 0 Å². The topological polar surface area (TPSA) is 52.9 Å². The molecule has 0 radical (unpaired) electrons. The average Bonchev–Trinajstić information content (AvgIpc) is 2.83. The smallest absolute Gasteiger partial charge is 0.123 e. The van der Waals surface area contributed by atoms with Gasteiger partial charge in [-0.15, -0.1) is 0 Å². The van der Waals surface area contributed by atoms with E-state index < -0.39 is 0 Å². The van der Waals surface area contributed by atoms with Gasteiger partial charge >= 0.3 is 0 Å². The first-order valence-corrected chi connectivity index (χ1v) is 15.3. The molecule has 0 amide bonds. The average molecular weight is 574 g/mol. The van der Waals surface area contributed by atoms with Crippen molar-refractivity contribution >= 4 is 5.69 Å². The highest BCUT2D eigenvalue weighted by Gasteiger charge is 2.29. The Morgan fingerprint density at radius 3 is 1.12 bits per heavy atom.